The molecule has 0 spiro atoms. The quantitative estimate of drug-likeness (QED) is 0.112. The maximum absolute atomic E-state index is 4.60. The van der Waals surface area contributed by atoms with Crippen LogP contribution in [0.5, 0.6) is 0 Å². The molecule has 278 valence electrons. The molecule has 6 rings (SSSR count). The molecule has 1 nitrogen and oxygen atoms in total. The fourth-order valence-electron chi connectivity index (χ4n) is 7.55. The molecule has 0 unspecified atom stereocenters. The van der Waals surface area contributed by atoms with Gasteiger partial charge in [-0.05, 0) is 86.5 Å². The summed E-state index contributed by atoms with van der Waals surface area (Å²) < 4.78 is 0. The van der Waals surface area contributed by atoms with Gasteiger partial charge in [-0.25, -0.2) is 0 Å². The number of hydrogen-bond donors (Lipinski definition) is 0. The summed E-state index contributed by atoms with van der Waals surface area (Å²) >= 11 is 0. The van der Waals surface area contributed by atoms with Gasteiger partial charge in [-0.2, -0.15) is 0 Å². The Bertz CT molecular complexity index is 2080. The first-order valence-corrected chi connectivity index (χ1v) is 29.9. The molecule has 0 atom stereocenters. The predicted molar refractivity (Wildman–Crippen MR) is 254 cm³/mol. The van der Waals surface area contributed by atoms with Crippen LogP contribution in [0.25, 0.3) is 16.7 Å². The normalized spacial score (nSPS) is 11.9. The van der Waals surface area contributed by atoms with Crippen molar-refractivity contribution in [2.24, 2.45) is 0 Å². The van der Waals surface area contributed by atoms with Crippen molar-refractivity contribution in [2.75, 3.05) is 4.90 Å². The Morgan fingerprint density at radius 3 is 0.764 bits per heavy atom. The molecule has 0 aliphatic rings. The molecular formula is C51H57NSi3. The van der Waals surface area contributed by atoms with Crippen LogP contribution < -0.4 is 20.5 Å². The molecule has 0 aromatic heterocycles. The van der Waals surface area contributed by atoms with E-state index in [1.807, 2.05) is 0 Å². The van der Waals surface area contributed by atoms with E-state index in [0.717, 1.165) is 50.5 Å². The molecule has 0 heterocycles. The molecule has 6 aromatic rings. The van der Waals surface area contributed by atoms with E-state index in [-0.39, 0.29) is 0 Å². The van der Waals surface area contributed by atoms with Gasteiger partial charge in [-0.3, -0.25) is 0 Å². The highest BCUT2D eigenvalue weighted by Gasteiger charge is 2.24. The third kappa shape index (κ3) is 8.63. The van der Waals surface area contributed by atoms with Crippen molar-refractivity contribution in [3.8, 4) is 0 Å². The van der Waals surface area contributed by atoms with Crippen LogP contribution in [0.3, 0.4) is 0 Å². The molecule has 0 amide bonds. The average molecular weight is 768 g/mol. The fraction of sp³-hybridized carbons (Fsp3) is 0.176. The van der Waals surface area contributed by atoms with Crippen LogP contribution in [0, 0.1) is 0 Å². The summed E-state index contributed by atoms with van der Waals surface area (Å²) in [5.41, 5.74) is 13.6. The van der Waals surface area contributed by atoms with Crippen LogP contribution >= 0.6 is 0 Å². The Kier molecular flexibility index (Phi) is 11.3. The molecule has 0 saturated heterocycles. The van der Waals surface area contributed by atoms with Crippen molar-refractivity contribution in [3.63, 3.8) is 0 Å². The molecule has 0 aliphatic carbocycles. The maximum atomic E-state index is 4.60. The fourth-order valence-corrected chi connectivity index (χ4v) is 12.5. The van der Waals surface area contributed by atoms with Gasteiger partial charge >= 0.3 is 0 Å². The van der Waals surface area contributed by atoms with Crippen LogP contribution in [0.2, 0.25) is 58.9 Å². The van der Waals surface area contributed by atoms with Crippen molar-refractivity contribution < 1.29 is 0 Å². The molecule has 0 N–H and O–H groups in total. The summed E-state index contributed by atoms with van der Waals surface area (Å²) in [6, 6.07) is 53.1. The van der Waals surface area contributed by atoms with Gasteiger partial charge in [-0.1, -0.05) is 203 Å². The third-order valence-corrected chi connectivity index (χ3v) is 16.8. The van der Waals surface area contributed by atoms with E-state index < -0.39 is 24.2 Å². The highest BCUT2D eigenvalue weighted by molar-refractivity contribution is 6.90. The molecule has 55 heavy (non-hydrogen) atoms. The molecular weight excluding hydrogens is 711 g/mol. The van der Waals surface area contributed by atoms with Crippen molar-refractivity contribution in [2.45, 2.75) is 58.9 Å². The number of hydrogen-bond acceptors (Lipinski definition) is 1. The van der Waals surface area contributed by atoms with E-state index in [1.54, 1.807) is 0 Å². The molecule has 0 radical (unpaired) electrons. The Hall–Kier alpha value is -5.01. The van der Waals surface area contributed by atoms with Crippen LogP contribution in [0.4, 0.5) is 17.1 Å². The Morgan fingerprint density at radius 1 is 0.327 bits per heavy atom. The largest absolute Gasteiger partial charge is 0.311 e. The van der Waals surface area contributed by atoms with Crippen LogP contribution in [-0.2, 0) is 0 Å². The zero-order valence-corrected chi connectivity index (χ0v) is 37.4. The summed E-state index contributed by atoms with van der Waals surface area (Å²) in [6.45, 7) is 35.4. The second kappa shape index (κ2) is 15.6. The molecule has 0 bridgehead atoms. The minimum absolute atomic E-state index is 1.07. The standard InChI is InChI=1S/C51H57NSi3/c1-37(46-19-13-16-22-49(46)53(4,5)6)40-25-31-43(32-26-40)52(44-33-27-41(28-34-44)38(2)47-20-14-17-23-50(47)54(7,8)9)45-35-29-42(30-36-45)39(3)48-21-15-18-24-51(48)55(10,11)12/h13-36H,1-3H2,4-12H3. The summed E-state index contributed by atoms with van der Waals surface area (Å²) in [5.74, 6) is 0. The lowest BCUT2D eigenvalue weighted by atomic mass is 9.97. The number of anilines is 3. The van der Waals surface area contributed by atoms with Crippen molar-refractivity contribution in [3.05, 3.63) is 199 Å². The second-order valence-electron chi connectivity index (χ2n) is 17.8. The van der Waals surface area contributed by atoms with Gasteiger partial charge in [0, 0.05) is 17.1 Å². The smallest absolute Gasteiger partial charge is 0.0784 e. The first-order chi connectivity index (χ1) is 25.9. The van der Waals surface area contributed by atoms with Gasteiger partial charge < -0.3 is 4.90 Å². The lowest BCUT2D eigenvalue weighted by molar-refractivity contribution is 1.28. The van der Waals surface area contributed by atoms with Crippen LogP contribution in [-0.4, -0.2) is 24.2 Å². The van der Waals surface area contributed by atoms with E-state index in [2.05, 4.69) is 229 Å². The molecule has 0 aliphatic heterocycles. The zero-order chi connectivity index (χ0) is 39.7. The first kappa shape index (κ1) is 39.7. The highest BCUT2D eigenvalue weighted by atomic mass is 28.3. The summed E-state index contributed by atoms with van der Waals surface area (Å²) in [5, 5.41) is 4.32. The van der Waals surface area contributed by atoms with Crippen LogP contribution in [0.15, 0.2) is 165 Å². The van der Waals surface area contributed by atoms with Gasteiger partial charge in [0.15, 0.2) is 0 Å². The minimum atomic E-state index is -1.56. The topological polar surface area (TPSA) is 3.24 Å². The maximum Gasteiger partial charge on any atom is 0.0784 e. The lowest BCUT2D eigenvalue weighted by Gasteiger charge is -2.27. The SMILES string of the molecule is C=C(c1ccc(N(c2ccc(C(=C)c3ccccc3[Si](C)(C)C)cc2)c2ccc(C(=C)c3ccccc3[Si](C)(C)C)cc2)cc1)c1ccccc1[Si](C)(C)C. The van der Waals surface area contributed by atoms with Gasteiger partial charge in [0.05, 0.1) is 24.2 Å². The van der Waals surface area contributed by atoms with E-state index in [9.17, 15) is 0 Å². The van der Waals surface area contributed by atoms with Crippen molar-refractivity contribution >= 4 is 73.6 Å². The molecule has 0 fully saturated rings. The van der Waals surface area contributed by atoms with E-state index in [4.69, 9.17) is 0 Å². The molecule has 0 saturated carbocycles. The van der Waals surface area contributed by atoms with E-state index >= 15 is 0 Å². The first-order valence-electron chi connectivity index (χ1n) is 19.4. The number of benzene rings is 6. The van der Waals surface area contributed by atoms with Gasteiger partial charge in [-0.15, -0.1) is 0 Å². The Morgan fingerprint density at radius 2 is 0.545 bits per heavy atom. The van der Waals surface area contributed by atoms with E-state index in [0.29, 0.717) is 0 Å². The van der Waals surface area contributed by atoms with E-state index in [1.165, 1.54) is 32.3 Å². The zero-order valence-electron chi connectivity index (χ0n) is 34.4. The summed E-state index contributed by atoms with van der Waals surface area (Å²) in [4.78, 5) is 2.34. The Labute approximate surface area is 334 Å². The molecule has 6 aromatic carbocycles. The van der Waals surface area contributed by atoms with Gasteiger partial charge in [0.2, 0.25) is 0 Å². The third-order valence-electron chi connectivity index (χ3n) is 10.6. The Balaban J connectivity index is 1.39. The van der Waals surface area contributed by atoms with Crippen molar-refractivity contribution in [1.82, 2.24) is 0 Å². The minimum Gasteiger partial charge on any atom is -0.311 e. The number of rotatable bonds is 12. The second-order valence-corrected chi connectivity index (χ2v) is 32.9. The van der Waals surface area contributed by atoms with Gasteiger partial charge in [0.1, 0.15) is 0 Å². The average Bonchev–Trinajstić information content (AvgIpc) is 3.17. The predicted octanol–water partition coefficient (Wildman–Crippen LogP) is 13.0. The highest BCUT2D eigenvalue weighted by Crippen LogP contribution is 2.37. The van der Waals surface area contributed by atoms with Crippen LogP contribution in [0.1, 0.15) is 33.4 Å². The van der Waals surface area contributed by atoms with Crippen molar-refractivity contribution in [1.29, 1.82) is 0 Å². The molecule has 4 heteroatoms. The van der Waals surface area contributed by atoms with Gasteiger partial charge in [0.25, 0.3) is 0 Å². The summed E-state index contributed by atoms with van der Waals surface area (Å²) in [6.07, 6.45) is 0. The lowest BCUT2D eigenvalue weighted by Crippen LogP contribution is -2.39. The summed E-state index contributed by atoms with van der Waals surface area (Å²) in [7, 11) is -4.69. The number of nitrogens with zero attached hydrogens (tertiary/aromatic N) is 1. The monoisotopic (exact) mass is 767 g/mol.